The minimum atomic E-state index is -0.160. The number of benzene rings is 1. The predicted molar refractivity (Wildman–Crippen MR) is 74.7 cm³/mol. The molecule has 0 bridgehead atoms. The molecule has 1 aliphatic heterocycles. The van der Waals surface area contributed by atoms with E-state index in [1.807, 2.05) is 13.0 Å². The smallest absolute Gasteiger partial charge is 0.128 e. The fraction of sp³-hybridized carbons (Fsp3) is 0.538. The van der Waals surface area contributed by atoms with Gasteiger partial charge in [-0.3, -0.25) is 0 Å². The summed E-state index contributed by atoms with van der Waals surface area (Å²) in [5.74, 6) is -0.160. The van der Waals surface area contributed by atoms with E-state index in [0.29, 0.717) is 5.56 Å². The third-order valence-corrected chi connectivity index (χ3v) is 3.80. The van der Waals surface area contributed by atoms with Gasteiger partial charge in [0.05, 0.1) is 0 Å². The highest BCUT2D eigenvalue weighted by molar-refractivity contribution is 9.10. The Kier molecular flexibility index (Phi) is 4.72. The lowest BCUT2D eigenvalue weighted by atomic mass is 10.1. The summed E-state index contributed by atoms with van der Waals surface area (Å²) in [6.07, 6.45) is 0. The van der Waals surface area contributed by atoms with Gasteiger partial charge in [-0.05, 0) is 32.2 Å². The summed E-state index contributed by atoms with van der Waals surface area (Å²) >= 11 is 3.38. The van der Waals surface area contributed by atoms with Crippen molar-refractivity contribution in [3.8, 4) is 0 Å². The average Bonchev–Trinajstić information content (AvgIpc) is 2.35. The summed E-state index contributed by atoms with van der Waals surface area (Å²) in [5, 5.41) is 2.17. The van der Waals surface area contributed by atoms with E-state index in [1.165, 1.54) is 6.07 Å². The van der Waals surface area contributed by atoms with Gasteiger partial charge in [0.2, 0.25) is 0 Å². The van der Waals surface area contributed by atoms with Gasteiger partial charge in [-0.1, -0.05) is 15.9 Å². The molecule has 3 nitrogen and oxygen atoms in total. The first kappa shape index (κ1) is 13.9. The molecule has 0 spiro atoms. The van der Waals surface area contributed by atoms with E-state index < -0.39 is 0 Å². The molecule has 18 heavy (non-hydrogen) atoms. The molecule has 5 heteroatoms. The fourth-order valence-corrected chi connectivity index (χ4v) is 2.50. The van der Waals surface area contributed by atoms with Crippen LogP contribution in [0.3, 0.4) is 0 Å². The van der Waals surface area contributed by atoms with Gasteiger partial charge in [0.25, 0.3) is 0 Å². The Morgan fingerprint density at radius 1 is 1.28 bits per heavy atom. The van der Waals surface area contributed by atoms with Crippen molar-refractivity contribution < 1.29 is 4.39 Å². The van der Waals surface area contributed by atoms with E-state index in [0.717, 1.165) is 30.7 Å². The Bertz CT molecular complexity index is 405. The second-order valence-corrected chi connectivity index (χ2v) is 5.72. The largest absolute Gasteiger partial charge is 0.304 e. The number of nitrogens with one attached hydrogen (secondary N) is 1. The molecule has 1 aliphatic rings. The van der Waals surface area contributed by atoms with Gasteiger partial charge < -0.3 is 4.90 Å². The van der Waals surface area contributed by atoms with Crippen LogP contribution in [0.15, 0.2) is 22.7 Å². The van der Waals surface area contributed by atoms with E-state index in [2.05, 4.69) is 38.3 Å². The van der Waals surface area contributed by atoms with E-state index >= 15 is 0 Å². The van der Waals surface area contributed by atoms with Crippen molar-refractivity contribution >= 4 is 15.9 Å². The molecular formula is C13H19BrFN3. The Morgan fingerprint density at radius 3 is 2.61 bits per heavy atom. The minimum absolute atomic E-state index is 0.0223. The highest BCUT2D eigenvalue weighted by Crippen LogP contribution is 2.21. The van der Waals surface area contributed by atoms with Crippen LogP contribution >= 0.6 is 15.9 Å². The standard InChI is InChI=1S/C13H19BrFN3/c1-10(12-9-11(14)3-4-13(12)15)16-18-7-5-17(2)6-8-18/h3-4,9-10,16H,5-8H2,1-2H3. The predicted octanol–water partition coefficient (Wildman–Crippen LogP) is 2.40. The first-order valence-electron chi connectivity index (χ1n) is 6.21. The molecule has 1 unspecified atom stereocenters. The summed E-state index contributed by atoms with van der Waals surface area (Å²) < 4.78 is 14.7. The fourth-order valence-electron chi connectivity index (χ4n) is 2.13. The average molecular weight is 316 g/mol. The van der Waals surface area contributed by atoms with Gasteiger partial charge >= 0.3 is 0 Å². The van der Waals surface area contributed by atoms with Crippen LogP contribution in [0, 0.1) is 5.82 Å². The van der Waals surface area contributed by atoms with Crippen LogP contribution in [0.4, 0.5) is 4.39 Å². The van der Waals surface area contributed by atoms with Crippen molar-refractivity contribution in [2.75, 3.05) is 33.2 Å². The summed E-state index contributed by atoms with van der Waals surface area (Å²) in [6.45, 7) is 6.01. The van der Waals surface area contributed by atoms with Crippen LogP contribution in [0.2, 0.25) is 0 Å². The van der Waals surface area contributed by atoms with Crippen molar-refractivity contribution in [1.29, 1.82) is 0 Å². The molecule has 2 rings (SSSR count). The normalized spacial score (nSPS) is 20.0. The maximum atomic E-state index is 13.7. The number of hydrazine groups is 1. The van der Waals surface area contributed by atoms with Crippen LogP contribution in [0.25, 0.3) is 0 Å². The quantitative estimate of drug-likeness (QED) is 0.924. The molecule has 1 atom stereocenters. The van der Waals surface area contributed by atoms with Crippen molar-refractivity contribution in [3.63, 3.8) is 0 Å². The Labute approximate surface area is 116 Å². The van der Waals surface area contributed by atoms with Crippen LogP contribution in [-0.2, 0) is 0 Å². The van der Waals surface area contributed by atoms with Crippen LogP contribution in [0.5, 0.6) is 0 Å². The third-order valence-electron chi connectivity index (χ3n) is 3.30. The molecular weight excluding hydrogens is 297 g/mol. The number of rotatable bonds is 3. The van der Waals surface area contributed by atoms with Crippen molar-refractivity contribution in [3.05, 3.63) is 34.1 Å². The van der Waals surface area contributed by atoms with Crippen molar-refractivity contribution in [2.45, 2.75) is 13.0 Å². The molecule has 0 aromatic heterocycles. The molecule has 0 saturated carbocycles. The highest BCUT2D eigenvalue weighted by atomic mass is 79.9. The summed E-state index contributed by atoms with van der Waals surface area (Å²) in [6, 6.07) is 5.04. The van der Waals surface area contributed by atoms with Gasteiger partial charge in [-0.15, -0.1) is 0 Å². The van der Waals surface area contributed by atoms with Gasteiger partial charge in [-0.2, -0.15) is 0 Å². The summed E-state index contributed by atoms with van der Waals surface area (Å²) in [4.78, 5) is 2.29. The number of nitrogens with zero attached hydrogens (tertiary/aromatic N) is 2. The maximum absolute atomic E-state index is 13.7. The van der Waals surface area contributed by atoms with Gasteiger partial charge in [-0.25, -0.2) is 14.8 Å². The van der Waals surface area contributed by atoms with E-state index in [1.54, 1.807) is 6.07 Å². The lowest BCUT2D eigenvalue weighted by Crippen LogP contribution is -2.51. The highest BCUT2D eigenvalue weighted by Gasteiger charge is 2.18. The number of likely N-dealkylation sites (N-methyl/N-ethyl adjacent to an activating group) is 1. The number of halogens is 2. The third kappa shape index (κ3) is 3.51. The monoisotopic (exact) mass is 315 g/mol. The SMILES string of the molecule is CC(NN1CCN(C)CC1)c1cc(Br)ccc1F. The zero-order valence-electron chi connectivity index (χ0n) is 10.8. The summed E-state index contributed by atoms with van der Waals surface area (Å²) in [7, 11) is 2.12. The van der Waals surface area contributed by atoms with E-state index in [-0.39, 0.29) is 11.9 Å². The second kappa shape index (κ2) is 6.10. The van der Waals surface area contributed by atoms with Crippen molar-refractivity contribution in [1.82, 2.24) is 15.3 Å². The molecule has 0 aliphatic carbocycles. The topological polar surface area (TPSA) is 18.5 Å². The lowest BCUT2D eigenvalue weighted by molar-refractivity contribution is 0.0892. The van der Waals surface area contributed by atoms with E-state index in [4.69, 9.17) is 0 Å². The molecule has 1 aromatic rings. The zero-order chi connectivity index (χ0) is 13.1. The molecule has 1 aromatic carbocycles. The number of hydrogen-bond donors (Lipinski definition) is 1. The first-order chi connectivity index (χ1) is 8.56. The Balaban J connectivity index is 1.98. The van der Waals surface area contributed by atoms with Crippen LogP contribution in [0.1, 0.15) is 18.5 Å². The Morgan fingerprint density at radius 2 is 1.94 bits per heavy atom. The van der Waals surface area contributed by atoms with Crippen molar-refractivity contribution in [2.24, 2.45) is 0 Å². The molecule has 100 valence electrons. The first-order valence-corrected chi connectivity index (χ1v) is 7.00. The molecule has 0 amide bonds. The molecule has 0 radical (unpaired) electrons. The number of hydrogen-bond acceptors (Lipinski definition) is 3. The molecule has 1 saturated heterocycles. The van der Waals surface area contributed by atoms with E-state index in [9.17, 15) is 4.39 Å². The molecule has 1 fully saturated rings. The van der Waals surface area contributed by atoms with Gasteiger partial charge in [0, 0.05) is 42.3 Å². The number of piperazine rings is 1. The van der Waals surface area contributed by atoms with Gasteiger partial charge in [0.15, 0.2) is 0 Å². The maximum Gasteiger partial charge on any atom is 0.128 e. The molecule has 1 N–H and O–H groups in total. The van der Waals surface area contributed by atoms with Gasteiger partial charge in [0.1, 0.15) is 5.82 Å². The zero-order valence-corrected chi connectivity index (χ0v) is 12.4. The van der Waals surface area contributed by atoms with Crippen LogP contribution < -0.4 is 5.43 Å². The molecule has 1 heterocycles. The minimum Gasteiger partial charge on any atom is -0.304 e. The van der Waals surface area contributed by atoms with Crippen LogP contribution in [-0.4, -0.2) is 43.1 Å². The Hall–Kier alpha value is -0.490. The summed E-state index contributed by atoms with van der Waals surface area (Å²) in [5.41, 5.74) is 4.07. The lowest BCUT2D eigenvalue weighted by Gasteiger charge is -2.34. The second-order valence-electron chi connectivity index (χ2n) is 4.81.